The monoisotopic (exact) mass is 130 g/mol. The first-order valence-corrected chi connectivity index (χ1v) is 2.75. The van der Waals surface area contributed by atoms with Gasteiger partial charge in [-0.05, 0) is 10.4 Å². The molecule has 1 aromatic heterocycles. The van der Waals surface area contributed by atoms with E-state index in [9.17, 15) is 4.79 Å². The number of aromatic amines is 1. The van der Waals surface area contributed by atoms with Gasteiger partial charge in [0.05, 0.1) is 0 Å². The van der Waals surface area contributed by atoms with Crippen molar-refractivity contribution < 1.29 is 0 Å². The van der Waals surface area contributed by atoms with Crippen molar-refractivity contribution in [2.45, 2.75) is 13.8 Å². The van der Waals surface area contributed by atoms with Crippen molar-refractivity contribution in [1.29, 1.82) is 0 Å². The molecule has 5 heteroatoms. The molecule has 1 heterocycles. The van der Waals surface area contributed by atoms with E-state index in [2.05, 4.69) is 15.5 Å². The van der Waals surface area contributed by atoms with Gasteiger partial charge in [0.15, 0.2) is 0 Å². The SMILES string of the molecule is CC.Cn1nn[nH]c1=O. The Morgan fingerprint density at radius 3 is 2.22 bits per heavy atom. The van der Waals surface area contributed by atoms with Gasteiger partial charge in [-0.25, -0.2) is 9.89 Å². The topological polar surface area (TPSA) is 63.6 Å². The van der Waals surface area contributed by atoms with Crippen LogP contribution in [0.1, 0.15) is 13.8 Å². The van der Waals surface area contributed by atoms with Crippen LogP contribution in [0.25, 0.3) is 0 Å². The second-order valence-electron chi connectivity index (χ2n) is 1.13. The van der Waals surface area contributed by atoms with Gasteiger partial charge in [-0.3, -0.25) is 0 Å². The number of nitrogens with one attached hydrogen (secondary N) is 1. The van der Waals surface area contributed by atoms with Gasteiger partial charge in [-0.2, -0.15) is 4.68 Å². The zero-order valence-electron chi connectivity index (χ0n) is 5.75. The van der Waals surface area contributed by atoms with E-state index >= 15 is 0 Å². The smallest absolute Gasteiger partial charge is 0.245 e. The number of nitrogens with zero attached hydrogens (tertiary/aromatic N) is 3. The molecule has 9 heavy (non-hydrogen) atoms. The fourth-order valence-corrected chi connectivity index (χ4v) is 0.245. The number of hydrogen-bond donors (Lipinski definition) is 1. The molecule has 0 aliphatic carbocycles. The maximum absolute atomic E-state index is 10.2. The quantitative estimate of drug-likeness (QED) is 0.516. The molecule has 0 saturated carbocycles. The Kier molecular flexibility index (Phi) is 3.34. The van der Waals surface area contributed by atoms with Crippen molar-refractivity contribution in [3.63, 3.8) is 0 Å². The van der Waals surface area contributed by atoms with Gasteiger partial charge in [0.25, 0.3) is 0 Å². The van der Waals surface area contributed by atoms with Crippen LogP contribution < -0.4 is 5.69 Å². The maximum atomic E-state index is 10.2. The molecule has 0 fully saturated rings. The van der Waals surface area contributed by atoms with Crippen molar-refractivity contribution >= 4 is 0 Å². The average molecular weight is 130 g/mol. The largest absolute Gasteiger partial charge is 0.360 e. The fraction of sp³-hybridized carbons (Fsp3) is 0.750. The third-order valence-electron chi connectivity index (χ3n) is 0.618. The standard InChI is InChI=1S/C2H4N4O.C2H6/c1-6-2(7)3-4-5-6;1-2/h1H3,(H,3,5,7);1-2H3. The second-order valence-corrected chi connectivity index (χ2v) is 1.13. The predicted octanol–water partition coefficient (Wildman–Crippen LogP) is -0.470. The molecule has 52 valence electrons. The molecular formula is C4H10N4O. The molecule has 0 spiro atoms. The first kappa shape index (κ1) is 7.87. The van der Waals surface area contributed by atoms with Crippen molar-refractivity contribution in [2.75, 3.05) is 0 Å². The molecule has 0 bridgehead atoms. The van der Waals surface area contributed by atoms with Gasteiger partial charge in [0.2, 0.25) is 0 Å². The van der Waals surface area contributed by atoms with E-state index < -0.39 is 0 Å². The zero-order chi connectivity index (χ0) is 7.28. The summed E-state index contributed by atoms with van der Waals surface area (Å²) in [6, 6.07) is 0. The normalized spacial score (nSPS) is 7.89. The fourth-order valence-electron chi connectivity index (χ4n) is 0.245. The lowest BCUT2D eigenvalue weighted by atomic mass is 11.0. The minimum Gasteiger partial charge on any atom is -0.245 e. The molecule has 0 unspecified atom stereocenters. The van der Waals surface area contributed by atoms with E-state index in [4.69, 9.17) is 0 Å². The summed E-state index contributed by atoms with van der Waals surface area (Å²) in [7, 11) is 1.52. The lowest BCUT2D eigenvalue weighted by Crippen LogP contribution is -2.13. The highest BCUT2D eigenvalue weighted by Gasteiger charge is 1.84. The molecule has 0 aliphatic heterocycles. The zero-order valence-corrected chi connectivity index (χ0v) is 5.75. The van der Waals surface area contributed by atoms with E-state index in [-0.39, 0.29) is 5.69 Å². The summed E-state index contributed by atoms with van der Waals surface area (Å²) in [5.41, 5.74) is -0.292. The minimum absolute atomic E-state index is 0.292. The predicted molar refractivity (Wildman–Crippen MR) is 33.0 cm³/mol. The van der Waals surface area contributed by atoms with E-state index in [1.807, 2.05) is 13.8 Å². The van der Waals surface area contributed by atoms with E-state index in [1.54, 1.807) is 0 Å². The Balaban J connectivity index is 0.000000291. The number of tetrazole rings is 1. The minimum atomic E-state index is -0.292. The molecule has 0 amide bonds. The Morgan fingerprint density at radius 1 is 1.56 bits per heavy atom. The van der Waals surface area contributed by atoms with Crippen molar-refractivity contribution in [1.82, 2.24) is 20.2 Å². The number of hydrogen-bond acceptors (Lipinski definition) is 3. The lowest BCUT2D eigenvalue weighted by molar-refractivity contribution is 0.695. The van der Waals surface area contributed by atoms with Crippen molar-refractivity contribution in [3.05, 3.63) is 10.5 Å². The maximum Gasteiger partial charge on any atom is 0.360 e. The van der Waals surface area contributed by atoms with Gasteiger partial charge in [-0.15, -0.1) is 0 Å². The van der Waals surface area contributed by atoms with Crippen LogP contribution in [0.4, 0.5) is 0 Å². The molecule has 0 aliphatic rings. The van der Waals surface area contributed by atoms with Gasteiger partial charge in [0.1, 0.15) is 0 Å². The lowest BCUT2D eigenvalue weighted by Gasteiger charge is -1.71. The summed E-state index contributed by atoms with van der Waals surface area (Å²) in [5, 5.41) is 8.63. The van der Waals surface area contributed by atoms with Crippen LogP contribution in [0.15, 0.2) is 4.79 Å². The van der Waals surface area contributed by atoms with Gasteiger partial charge in [-0.1, -0.05) is 13.8 Å². The summed E-state index contributed by atoms with van der Waals surface area (Å²) in [6.45, 7) is 4.00. The van der Waals surface area contributed by atoms with Crippen LogP contribution in [0.5, 0.6) is 0 Å². The molecule has 0 radical (unpaired) electrons. The number of H-pyrrole nitrogens is 1. The van der Waals surface area contributed by atoms with E-state index in [0.717, 1.165) is 4.68 Å². The molecule has 0 atom stereocenters. The Labute approximate surface area is 52.7 Å². The summed E-state index contributed by atoms with van der Waals surface area (Å²) >= 11 is 0. The van der Waals surface area contributed by atoms with Crippen LogP contribution in [0.3, 0.4) is 0 Å². The Bertz CT molecular complexity index is 200. The highest BCUT2D eigenvalue weighted by molar-refractivity contribution is 4.43. The Hall–Kier alpha value is -1.13. The molecule has 1 rings (SSSR count). The molecular weight excluding hydrogens is 120 g/mol. The summed E-state index contributed by atoms with van der Waals surface area (Å²) in [4.78, 5) is 10.2. The van der Waals surface area contributed by atoms with E-state index in [0.29, 0.717) is 0 Å². The van der Waals surface area contributed by atoms with Crippen LogP contribution in [-0.4, -0.2) is 20.2 Å². The Morgan fingerprint density at radius 2 is 2.11 bits per heavy atom. The van der Waals surface area contributed by atoms with Gasteiger partial charge in [0, 0.05) is 7.05 Å². The highest BCUT2D eigenvalue weighted by atomic mass is 16.2. The number of rotatable bonds is 0. The first-order chi connectivity index (χ1) is 4.30. The summed E-state index contributed by atoms with van der Waals surface area (Å²) in [6.07, 6.45) is 0. The second kappa shape index (κ2) is 3.82. The van der Waals surface area contributed by atoms with Gasteiger partial charge >= 0.3 is 5.69 Å². The van der Waals surface area contributed by atoms with Crippen LogP contribution in [-0.2, 0) is 7.05 Å². The molecule has 1 N–H and O–H groups in total. The van der Waals surface area contributed by atoms with Crippen molar-refractivity contribution in [2.24, 2.45) is 7.05 Å². The number of aryl methyl sites for hydroxylation is 1. The van der Waals surface area contributed by atoms with Crippen LogP contribution in [0.2, 0.25) is 0 Å². The third-order valence-corrected chi connectivity index (χ3v) is 0.618. The molecule has 1 aromatic rings. The molecule has 0 saturated heterocycles. The van der Waals surface area contributed by atoms with Crippen LogP contribution in [0, 0.1) is 0 Å². The summed E-state index contributed by atoms with van der Waals surface area (Å²) in [5.74, 6) is 0. The van der Waals surface area contributed by atoms with Crippen molar-refractivity contribution in [3.8, 4) is 0 Å². The highest BCUT2D eigenvalue weighted by Crippen LogP contribution is 1.46. The van der Waals surface area contributed by atoms with Crippen LogP contribution >= 0.6 is 0 Å². The first-order valence-electron chi connectivity index (χ1n) is 2.75. The molecule has 0 aromatic carbocycles. The third kappa shape index (κ3) is 2.07. The summed E-state index contributed by atoms with van der Waals surface area (Å²) < 4.78 is 1.11. The average Bonchev–Trinajstić information content (AvgIpc) is 2.23. The molecule has 5 nitrogen and oxygen atoms in total. The van der Waals surface area contributed by atoms with E-state index in [1.165, 1.54) is 7.05 Å². The van der Waals surface area contributed by atoms with Gasteiger partial charge < -0.3 is 0 Å². The number of aromatic nitrogens is 4.